The second kappa shape index (κ2) is 6.63. The first kappa shape index (κ1) is 16.9. The second-order valence-corrected chi connectivity index (χ2v) is 7.31. The van der Waals surface area contributed by atoms with Crippen molar-refractivity contribution in [3.8, 4) is 17.0 Å². The maximum Gasteiger partial charge on any atom is 0.129 e. The summed E-state index contributed by atoms with van der Waals surface area (Å²) in [5.41, 5.74) is 3.06. The first-order valence-corrected chi connectivity index (χ1v) is 9.50. The molecule has 1 aliphatic carbocycles. The summed E-state index contributed by atoms with van der Waals surface area (Å²) in [5.74, 6) is 1.91. The Bertz CT molecular complexity index is 913. The molecule has 4 rings (SSSR count). The molecule has 1 saturated carbocycles. The number of ether oxygens (including phenoxy) is 1. The number of anilines is 1. The monoisotopic (exact) mass is 350 g/mol. The fraction of sp³-hybridized carbons (Fsp3) is 0.429. The topological polar surface area (TPSA) is 54.0 Å². The van der Waals surface area contributed by atoms with Gasteiger partial charge in [-0.25, -0.2) is 4.98 Å². The number of aromatic nitrogens is 3. The van der Waals surface area contributed by atoms with Gasteiger partial charge in [-0.2, -0.15) is 5.10 Å². The zero-order valence-corrected chi connectivity index (χ0v) is 15.7. The van der Waals surface area contributed by atoms with Gasteiger partial charge in [0.05, 0.1) is 5.52 Å². The summed E-state index contributed by atoms with van der Waals surface area (Å²) < 4.78 is 6.13. The minimum absolute atomic E-state index is 0.0171. The molecule has 5 nitrogen and oxygen atoms in total. The van der Waals surface area contributed by atoms with Gasteiger partial charge in [-0.1, -0.05) is 6.92 Å². The van der Waals surface area contributed by atoms with Crippen molar-refractivity contribution in [3.63, 3.8) is 0 Å². The van der Waals surface area contributed by atoms with E-state index in [0.717, 1.165) is 66.1 Å². The molecule has 1 N–H and O–H groups in total. The Morgan fingerprint density at radius 1 is 1.19 bits per heavy atom. The van der Waals surface area contributed by atoms with Gasteiger partial charge in [0.15, 0.2) is 0 Å². The highest BCUT2D eigenvalue weighted by Gasteiger charge is 2.40. The van der Waals surface area contributed by atoms with E-state index in [2.05, 4.69) is 53.0 Å². The summed E-state index contributed by atoms with van der Waals surface area (Å²) >= 11 is 0. The Labute approximate surface area is 154 Å². The normalized spacial score (nSPS) is 15.2. The first-order chi connectivity index (χ1) is 12.6. The van der Waals surface area contributed by atoms with E-state index in [1.54, 1.807) is 0 Å². The van der Waals surface area contributed by atoms with Crippen molar-refractivity contribution >= 4 is 16.7 Å². The molecule has 0 saturated heterocycles. The predicted octanol–water partition coefficient (Wildman–Crippen LogP) is 4.79. The molecule has 136 valence electrons. The van der Waals surface area contributed by atoms with Crippen LogP contribution in [0.5, 0.6) is 5.75 Å². The highest BCUT2D eigenvalue weighted by molar-refractivity contribution is 5.94. The van der Waals surface area contributed by atoms with Gasteiger partial charge < -0.3 is 9.64 Å². The molecule has 0 spiro atoms. The minimum atomic E-state index is 0.0171. The van der Waals surface area contributed by atoms with Gasteiger partial charge in [0, 0.05) is 30.2 Å². The number of benzene rings is 1. The van der Waals surface area contributed by atoms with Crippen LogP contribution < -0.4 is 9.64 Å². The van der Waals surface area contributed by atoms with Gasteiger partial charge in [-0.3, -0.25) is 5.10 Å². The fourth-order valence-electron chi connectivity index (χ4n) is 3.28. The number of rotatable bonds is 7. The van der Waals surface area contributed by atoms with Crippen LogP contribution in [0.4, 0.5) is 5.82 Å². The second-order valence-electron chi connectivity index (χ2n) is 7.31. The van der Waals surface area contributed by atoms with Crippen LogP contribution in [-0.4, -0.2) is 33.9 Å². The van der Waals surface area contributed by atoms with Gasteiger partial charge in [0.2, 0.25) is 0 Å². The average molecular weight is 350 g/mol. The predicted molar refractivity (Wildman–Crippen MR) is 106 cm³/mol. The van der Waals surface area contributed by atoms with Crippen molar-refractivity contribution in [3.05, 3.63) is 36.5 Å². The van der Waals surface area contributed by atoms with Crippen molar-refractivity contribution in [1.29, 1.82) is 0 Å². The number of hydrogen-bond donors (Lipinski definition) is 1. The molecule has 0 atom stereocenters. The van der Waals surface area contributed by atoms with Crippen LogP contribution >= 0.6 is 0 Å². The van der Waals surface area contributed by atoms with Gasteiger partial charge in [0.25, 0.3) is 0 Å². The molecule has 1 fully saturated rings. The lowest BCUT2D eigenvalue weighted by atomic mass is 10.1. The zero-order valence-electron chi connectivity index (χ0n) is 15.7. The van der Waals surface area contributed by atoms with E-state index in [9.17, 15) is 0 Å². The van der Waals surface area contributed by atoms with Gasteiger partial charge >= 0.3 is 0 Å². The van der Waals surface area contributed by atoms with Crippen molar-refractivity contribution in [2.24, 2.45) is 0 Å². The van der Waals surface area contributed by atoms with E-state index in [1.807, 2.05) is 24.4 Å². The van der Waals surface area contributed by atoms with E-state index < -0.39 is 0 Å². The third-order valence-corrected chi connectivity index (χ3v) is 5.07. The van der Waals surface area contributed by atoms with Gasteiger partial charge in [0.1, 0.15) is 22.9 Å². The lowest BCUT2D eigenvalue weighted by Gasteiger charge is -2.21. The van der Waals surface area contributed by atoms with Crippen LogP contribution in [0.15, 0.2) is 36.5 Å². The summed E-state index contributed by atoms with van der Waals surface area (Å²) in [5, 5.41) is 8.79. The van der Waals surface area contributed by atoms with Crippen LogP contribution in [0.25, 0.3) is 22.2 Å². The maximum absolute atomic E-state index is 6.13. The third kappa shape index (κ3) is 3.26. The summed E-state index contributed by atoms with van der Waals surface area (Å²) in [6.07, 6.45) is 5.22. The van der Waals surface area contributed by atoms with Crippen LogP contribution in [0.2, 0.25) is 0 Å². The Balaban J connectivity index is 1.70. The standard InChI is InChI=1S/C21H26N4O/c1-4-12-25(5-2)19-13-15(8-11-22-19)20-17-14-16(26-21(3)9-10-21)6-7-18(17)23-24-20/h6-8,11,13-14H,4-5,9-10,12H2,1-3H3,(H,23,24). The molecule has 1 aromatic carbocycles. The van der Waals surface area contributed by atoms with Gasteiger partial charge in [-0.05, 0) is 63.4 Å². The Morgan fingerprint density at radius 2 is 2.04 bits per heavy atom. The van der Waals surface area contributed by atoms with Gasteiger partial charge in [-0.15, -0.1) is 0 Å². The molecule has 0 radical (unpaired) electrons. The molecule has 3 aromatic rings. The van der Waals surface area contributed by atoms with Crippen LogP contribution in [0, 0.1) is 0 Å². The molecule has 0 aliphatic heterocycles. The fourth-order valence-corrected chi connectivity index (χ4v) is 3.28. The van der Waals surface area contributed by atoms with Crippen LogP contribution in [0.3, 0.4) is 0 Å². The first-order valence-electron chi connectivity index (χ1n) is 9.50. The van der Waals surface area contributed by atoms with Crippen molar-refractivity contribution in [1.82, 2.24) is 15.2 Å². The van der Waals surface area contributed by atoms with E-state index in [4.69, 9.17) is 4.74 Å². The molecule has 5 heteroatoms. The molecular weight excluding hydrogens is 324 g/mol. The molecule has 0 bridgehead atoms. The van der Waals surface area contributed by atoms with Crippen molar-refractivity contribution in [2.75, 3.05) is 18.0 Å². The highest BCUT2D eigenvalue weighted by Crippen LogP contribution is 2.40. The molecule has 2 aromatic heterocycles. The van der Waals surface area contributed by atoms with Crippen LogP contribution in [0.1, 0.15) is 40.0 Å². The number of fused-ring (bicyclic) bond motifs is 1. The highest BCUT2D eigenvalue weighted by atomic mass is 16.5. The lowest BCUT2D eigenvalue weighted by Crippen LogP contribution is -2.24. The molecular formula is C21H26N4O. The number of nitrogens with zero attached hydrogens (tertiary/aromatic N) is 3. The molecule has 1 aliphatic rings. The van der Waals surface area contributed by atoms with Crippen molar-refractivity contribution < 1.29 is 4.74 Å². The summed E-state index contributed by atoms with van der Waals surface area (Å²) in [7, 11) is 0. The van der Waals surface area contributed by atoms with Crippen LogP contribution in [-0.2, 0) is 0 Å². The largest absolute Gasteiger partial charge is 0.488 e. The summed E-state index contributed by atoms with van der Waals surface area (Å²) in [6.45, 7) is 8.47. The number of H-pyrrole nitrogens is 1. The van der Waals surface area contributed by atoms with E-state index in [-0.39, 0.29) is 5.60 Å². The summed E-state index contributed by atoms with van der Waals surface area (Å²) in [4.78, 5) is 6.85. The zero-order chi connectivity index (χ0) is 18.1. The lowest BCUT2D eigenvalue weighted by molar-refractivity contribution is 0.200. The van der Waals surface area contributed by atoms with E-state index in [1.165, 1.54) is 0 Å². The molecule has 0 amide bonds. The number of pyridine rings is 1. The minimum Gasteiger partial charge on any atom is -0.488 e. The SMILES string of the molecule is CCCN(CC)c1cc(-c2n[nH]c3ccc(OC4(C)CC4)cc23)ccn1. The van der Waals surface area contributed by atoms with E-state index >= 15 is 0 Å². The Morgan fingerprint density at radius 3 is 2.77 bits per heavy atom. The third-order valence-electron chi connectivity index (χ3n) is 5.07. The smallest absolute Gasteiger partial charge is 0.129 e. The Kier molecular flexibility index (Phi) is 4.31. The average Bonchev–Trinajstić information content (AvgIpc) is 3.22. The quantitative estimate of drug-likeness (QED) is 0.665. The molecule has 0 unspecified atom stereocenters. The van der Waals surface area contributed by atoms with E-state index in [0.29, 0.717) is 0 Å². The maximum atomic E-state index is 6.13. The Hall–Kier alpha value is -2.56. The summed E-state index contributed by atoms with van der Waals surface area (Å²) in [6, 6.07) is 10.3. The molecule has 26 heavy (non-hydrogen) atoms. The number of nitrogens with one attached hydrogen (secondary N) is 1. The molecule has 2 heterocycles. The van der Waals surface area contributed by atoms with Crippen molar-refractivity contribution in [2.45, 2.75) is 45.6 Å². The number of aromatic amines is 1. The number of hydrogen-bond acceptors (Lipinski definition) is 4.